The molecule has 0 amide bonds. The van der Waals surface area contributed by atoms with Crippen LogP contribution in [0.25, 0.3) is 11.1 Å². The minimum atomic E-state index is 0.190. The fourth-order valence-electron chi connectivity index (χ4n) is 6.37. The fraction of sp³-hybridized carbons (Fsp3) is 0.351. The van der Waals surface area contributed by atoms with Gasteiger partial charge in [-0.2, -0.15) is 0 Å². The molecule has 1 heterocycles. The van der Waals surface area contributed by atoms with E-state index in [1.807, 2.05) is 18.2 Å². The van der Waals surface area contributed by atoms with Crippen LogP contribution in [0.3, 0.4) is 0 Å². The maximum absolute atomic E-state index is 10.2. The van der Waals surface area contributed by atoms with E-state index < -0.39 is 0 Å². The molecule has 4 nitrogen and oxygen atoms in total. The first-order chi connectivity index (χ1) is 20.3. The van der Waals surface area contributed by atoms with Crippen molar-refractivity contribution in [3.05, 3.63) is 120 Å². The first-order valence-corrected chi connectivity index (χ1v) is 15.2. The highest BCUT2D eigenvalue weighted by Crippen LogP contribution is 2.60. The molecular weight excluding hydrogens is 506 g/mol. The summed E-state index contributed by atoms with van der Waals surface area (Å²) in [5.41, 5.74) is 6.09. The molecule has 1 aliphatic heterocycles. The van der Waals surface area contributed by atoms with Crippen LogP contribution in [0.4, 0.5) is 0 Å². The van der Waals surface area contributed by atoms with Gasteiger partial charge in [-0.05, 0) is 102 Å². The predicted molar refractivity (Wildman–Crippen MR) is 166 cm³/mol. The number of hydrogen-bond acceptors (Lipinski definition) is 4. The van der Waals surface area contributed by atoms with Crippen LogP contribution < -0.4 is 9.47 Å². The Morgan fingerprint density at radius 1 is 0.659 bits per heavy atom. The van der Waals surface area contributed by atoms with Gasteiger partial charge < -0.3 is 19.5 Å². The lowest BCUT2D eigenvalue weighted by atomic mass is 9.99. The molecule has 6 rings (SSSR count). The summed E-state index contributed by atoms with van der Waals surface area (Å²) in [7, 11) is 0. The van der Waals surface area contributed by atoms with Gasteiger partial charge in [0.1, 0.15) is 18.1 Å². The Balaban J connectivity index is 1.05. The van der Waals surface area contributed by atoms with Gasteiger partial charge in [0.15, 0.2) is 0 Å². The Morgan fingerprint density at radius 3 is 2.12 bits per heavy atom. The number of hydrogen-bond donors (Lipinski definition) is 1. The predicted octanol–water partition coefficient (Wildman–Crippen LogP) is 7.68. The highest BCUT2D eigenvalue weighted by molar-refractivity contribution is 5.65. The summed E-state index contributed by atoms with van der Waals surface area (Å²) in [5, 5.41) is 10.2. The van der Waals surface area contributed by atoms with Gasteiger partial charge in [-0.3, -0.25) is 0 Å². The van der Waals surface area contributed by atoms with E-state index in [2.05, 4.69) is 89.8 Å². The van der Waals surface area contributed by atoms with Gasteiger partial charge in [0.05, 0.1) is 6.61 Å². The van der Waals surface area contributed by atoms with E-state index in [0.29, 0.717) is 18.4 Å². The molecule has 0 aromatic heterocycles. The van der Waals surface area contributed by atoms with E-state index in [9.17, 15) is 5.11 Å². The second kappa shape index (κ2) is 13.4. The molecule has 4 aromatic carbocycles. The second-order valence-electron chi connectivity index (χ2n) is 11.5. The standard InChI is InChI=1S/C37H41NO3/c39-26-35-36(30-15-19-34(20-16-30)41-27-28-9-3-1-4-10-28)37(35)32-12-7-11-31(25-32)29-13-17-33(18-14-29)40-24-8-23-38-21-5-2-6-22-38/h1,3-4,7,9-20,25,35-37,39H,2,5-6,8,21-24,26-27H2. The Morgan fingerprint density at radius 2 is 1.37 bits per heavy atom. The van der Waals surface area contributed by atoms with Crippen molar-refractivity contribution < 1.29 is 14.6 Å². The van der Waals surface area contributed by atoms with E-state index in [-0.39, 0.29) is 12.5 Å². The van der Waals surface area contributed by atoms with Gasteiger partial charge in [-0.25, -0.2) is 0 Å². The molecule has 2 fully saturated rings. The van der Waals surface area contributed by atoms with Crippen LogP contribution in [-0.4, -0.2) is 42.9 Å². The van der Waals surface area contributed by atoms with Crippen LogP contribution in [0, 0.1) is 5.92 Å². The van der Waals surface area contributed by atoms with Crippen LogP contribution in [0.5, 0.6) is 11.5 Å². The monoisotopic (exact) mass is 547 g/mol. The summed E-state index contributed by atoms with van der Waals surface area (Å²) in [6.07, 6.45) is 5.13. The largest absolute Gasteiger partial charge is 0.494 e. The molecule has 3 unspecified atom stereocenters. The molecule has 41 heavy (non-hydrogen) atoms. The summed E-state index contributed by atoms with van der Waals surface area (Å²) in [5.74, 6) is 2.67. The minimum Gasteiger partial charge on any atom is -0.494 e. The Bertz CT molecular complexity index is 1360. The van der Waals surface area contributed by atoms with Crippen LogP contribution in [-0.2, 0) is 6.61 Å². The molecule has 0 spiro atoms. The van der Waals surface area contributed by atoms with Crippen LogP contribution in [0.2, 0.25) is 0 Å². The van der Waals surface area contributed by atoms with Crippen molar-refractivity contribution in [2.45, 2.75) is 44.1 Å². The van der Waals surface area contributed by atoms with Crippen LogP contribution in [0.15, 0.2) is 103 Å². The van der Waals surface area contributed by atoms with E-state index in [1.165, 1.54) is 54.6 Å². The minimum absolute atomic E-state index is 0.190. The quantitative estimate of drug-likeness (QED) is 0.185. The van der Waals surface area contributed by atoms with Crippen molar-refractivity contribution in [3.8, 4) is 22.6 Å². The van der Waals surface area contributed by atoms with Crippen molar-refractivity contribution in [2.24, 2.45) is 5.92 Å². The van der Waals surface area contributed by atoms with E-state index in [4.69, 9.17) is 9.47 Å². The highest BCUT2D eigenvalue weighted by atomic mass is 16.5. The van der Waals surface area contributed by atoms with Gasteiger partial charge >= 0.3 is 0 Å². The SMILES string of the molecule is OCC1C(c2ccc(OCc3ccccc3)cc2)C1c1cccc(-c2ccc(OCCCN3CCCCC3)cc2)c1. The first-order valence-electron chi connectivity index (χ1n) is 15.2. The van der Waals surface area contributed by atoms with Crippen LogP contribution >= 0.6 is 0 Å². The molecule has 0 bridgehead atoms. The third-order valence-electron chi connectivity index (χ3n) is 8.69. The maximum Gasteiger partial charge on any atom is 0.119 e. The zero-order valence-corrected chi connectivity index (χ0v) is 23.8. The Hall–Kier alpha value is -3.60. The molecule has 1 saturated heterocycles. The van der Waals surface area contributed by atoms with Crippen molar-refractivity contribution in [2.75, 3.05) is 32.8 Å². The molecule has 1 saturated carbocycles. The van der Waals surface area contributed by atoms with Gasteiger partial charge in [0.25, 0.3) is 0 Å². The molecule has 4 heteroatoms. The number of piperidine rings is 1. The summed E-state index contributed by atoms with van der Waals surface area (Å²) in [6.45, 7) is 5.13. The summed E-state index contributed by atoms with van der Waals surface area (Å²) in [4.78, 5) is 2.56. The summed E-state index contributed by atoms with van der Waals surface area (Å²) >= 11 is 0. The number of rotatable bonds is 12. The van der Waals surface area contributed by atoms with Crippen molar-refractivity contribution in [1.82, 2.24) is 4.90 Å². The number of aliphatic hydroxyl groups excluding tert-OH is 1. The molecule has 1 N–H and O–H groups in total. The fourth-order valence-corrected chi connectivity index (χ4v) is 6.37. The van der Waals surface area contributed by atoms with Gasteiger partial charge in [-0.1, -0.05) is 85.3 Å². The van der Waals surface area contributed by atoms with Gasteiger partial charge in [0, 0.05) is 13.2 Å². The summed E-state index contributed by atoms with van der Waals surface area (Å²) < 4.78 is 12.0. The second-order valence-corrected chi connectivity index (χ2v) is 11.5. The normalized spacial score (nSPS) is 20.5. The van der Waals surface area contributed by atoms with Crippen molar-refractivity contribution in [3.63, 3.8) is 0 Å². The summed E-state index contributed by atoms with van der Waals surface area (Å²) in [6, 6.07) is 35.9. The highest BCUT2D eigenvalue weighted by Gasteiger charge is 2.51. The number of aliphatic hydroxyl groups is 1. The topological polar surface area (TPSA) is 41.9 Å². The molecule has 1 aliphatic carbocycles. The molecule has 0 radical (unpaired) electrons. The van der Waals surface area contributed by atoms with E-state index in [1.54, 1.807) is 0 Å². The average Bonchev–Trinajstić information content (AvgIpc) is 3.78. The van der Waals surface area contributed by atoms with Crippen molar-refractivity contribution >= 4 is 0 Å². The lowest BCUT2D eigenvalue weighted by Crippen LogP contribution is -2.31. The zero-order valence-electron chi connectivity index (χ0n) is 23.8. The molecule has 4 aromatic rings. The zero-order chi connectivity index (χ0) is 27.9. The Labute approximate surface area is 244 Å². The smallest absolute Gasteiger partial charge is 0.119 e. The van der Waals surface area contributed by atoms with E-state index in [0.717, 1.165) is 36.6 Å². The number of ether oxygens (including phenoxy) is 2. The number of likely N-dealkylation sites (tertiary alicyclic amines) is 1. The lowest BCUT2D eigenvalue weighted by molar-refractivity contribution is 0.205. The van der Waals surface area contributed by atoms with Gasteiger partial charge in [-0.15, -0.1) is 0 Å². The Kier molecular flexibility index (Phi) is 8.99. The van der Waals surface area contributed by atoms with Crippen LogP contribution in [0.1, 0.15) is 54.2 Å². The molecule has 2 aliphatic rings. The van der Waals surface area contributed by atoms with E-state index >= 15 is 0 Å². The average molecular weight is 548 g/mol. The molecular formula is C37H41NO3. The van der Waals surface area contributed by atoms with Gasteiger partial charge in [0.2, 0.25) is 0 Å². The third-order valence-corrected chi connectivity index (χ3v) is 8.69. The number of nitrogens with zero attached hydrogens (tertiary/aromatic N) is 1. The molecule has 3 atom stereocenters. The number of benzene rings is 4. The van der Waals surface area contributed by atoms with Crippen molar-refractivity contribution in [1.29, 1.82) is 0 Å². The first kappa shape index (κ1) is 27.6. The third kappa shape index (κ3) is 7.01. The lowest BCUT2D eigenvalue weighted by Gasteiger charge is -2.26. The maximum atomic E-state index is 10.2. The molecule has 212 valence electrons.